The topological polar surface area (TPSA) is 34.9 Å². The monoisotopic (exact) mass is 196 g/mol. The van der Waals surface area contributed by atoms with E-state index in [0.717, 1.165) is 12.2 Å². The molecule has 1 aromatic rings. The van der Waals surface area contributed by atoms with E-state index in [4.69, 9.17) is 0 Å². The fraction of sp³-hybridized carbons (Fsp3) is 0.556. The van der Waals surface area contributed by atoms with Gasteiger partial charge >= 0.3 is 0 Å². The van der Waals surface area contributed by atoms with Crippen LogP contribution in [-0.4, -0.2) is 27.1 Å². The molecular formula is C9H12N2OS. The molecule has 0 aromatic carbocycles. The summed E-state index contributed by atoms with van der Waals surface area (Å²) in [6, 6.07) is 0. The highest BCUT2D eigenvalue weighted by molar-refractivity contribution is 8.00. The summed E-state index contributed by atoms with van der Waals surface area (Å²) in [6.45, 7) is 0. The maximum Gasteiger partial charge on any atom is 0.146 e. The summed E-state index contributed by atoms with van der Waals surface area (Å²) in [5, 5.41) is 4.08. The molecule has 1 aromatic heterocycles. The molecule has 0 saturated carbocycles. The first-order chi connectivity index (χ1) is 6.25. The fourth-order valence-corrected chi connectivity index (χ4v) is 2.69. The van der Waals surface area contributed by atoms with Crippen LogP contribution in [0.3, 0.4) is 0 Å². The van der Waals surface area contributed by atoms with Crippen LogP contribution in [0.5, 0.6) is 0 Å². The van der Waals surface area contributed by atoms with Crippen molar-refractivity contribution in [3.8, 4) is 0 Å². The highest BCUT2D eigenvalue weighted by Crippen LogP contribution is 2.23. The lowest BCUT2D eigenvalue weighted by Gasteiger charge is -2.03. The van der Waals surface area contributed by atoms with Gasteiger partial charge in [-0.05, 0) is 12.0 Å². The molecule has 2 rings (SSSR count). The molecule has 0 N–H and O–H groups in total. The first kappa shape index (κ1) is 8.81. The molecule has 0 amide bonds. The van der Waals surface area contributed by atoms with Crippen LogP contribution in [-0.2, 0) is 18.3 Å². The third-order valence-electron chi connectivity index (χ3n) is 2.26. The number of hydrogen-bond acceptors (Lipinski definition) is 3. The number of ketones is 1. The van der Waals surface area contributed by atoms with Crippen molar-refractivity contribution in [3.05, 3.63) is 18.0 Å². The van der Waals surface area contributed by atoms with E-state index in [0.29, 0.717) is 11.5 Å². The standard InChI is InChI=1S/C9H12N2OS/c1-11-4-7(3-10-11)2-8-5-13-6-9(8)12/h3-4,8H,2,5-6H2,1H3. The SMILES string of the molecule is Cn1cc(CC2CSCC2=O)cn1. The zero-order chi connectivity index (χ0) is 9.26. The molecule has 3 nitrogen and oxygen atoms in total. The Labute approximate surface area is 81.5 Å². The maximum absolute atomic E-state index is 11.3. The molecule has 0 aliphatic carbocycles. The van der Waals surface area contributed by atoms with Crippen molar-refractivity contribution in [2.24, 2.45) is 13.0 Å². The minimum absolute atomic E-state index is 0.231. The predicted molar refractivity (Wildman–Crippen MR) is 52.7 cm³/mol. The largest absolute Gasteiger partial charge is 0.298 e. The number of nitrogens with zero attached hydrogens (tertiary/aromatic N) is 2. The van der Waals surface area contributed by atoms with Gasteiger partial charge in [0.25, 0.3) is 0 Å². The zero-order valence-electron chi connectivity index (χ0n) is 7.56. The third-order valence-corrected chi connectivity index (χ3v) is 3.39. The molecule has 2 heterocycles. The number of hydrogen-bond donors (Lipinski definition) is 0. The van der Waals surface area contributed by atoms with Gasteiger partial charge in [-0.15, -0.1) is 0 Å². The van der Waals surface area contributed by atoms with Crippen LogP contribution >= 0.6 is 11.8 Å². The Morgan fingerprint density at radius 1 is 1.77 bits per heavy atom. The summed E-state index contributed by atoms with van der Waals surface area (Å²) in [4.78, 5) is 11.3. The van der Waals surface area contributed by atoms with Crippen LogP contribution < -0.4 is 0 Å². The number of Topliss-reactive ketones (excluding diaryl/α,β-unsaturated/α-hetero) is 1. The van der Waals surface area contributed by atoms with Gasteiger partial charge in [0, 0.05) is 24.9 Å². The number of carbonyl (C=O) groups is 1. The molecule has 1 saturated heterocycles. The van der Waals surface area contributed by atoms with Gasteiger partial charge in [-0.3, -0.25) is 9.48 Å². The first-order valence-corrected chi connectivity index (χ1v) is 5.49. The lowest BCUT2D eigenvalue weighted by Crippen LogP contribution is -2.13. The number of rotatable bonds is 2. The predicted octanol–water partition coefficient (Wildman–Crippen LogP) is 0.895. The van der Waals surface area contributed by atoms with E-state index in [-0.39, 0.29) is 5.92 Å². The van der Waals surface area contributed by atoms with E-state index in [9.17, 15) is 4.79 Å². The van der Waals surface area contributed by atoms with E-state index >= 15 is 0 Å². The zero-order valence-corrected chi connectivity index (χ0v) is 8.38. The van der Waals surface area contributed by atoms with Gasteiger partial charge in [0.05, 0.1) is 11.9 Å². The second-order valence-corrected chi connectivity index (χ2v) is 4.43. The first-order valence-electron chi connectivity index (χ1n) is 4.33. The average molecular weight is 196 g/mol. The molecule has 70 valence electrons. The molecular weight excluding hydrogens is 184 g/mol. The molecule has 4 heteroatoms. The second kappa shape index (κ2) is 3.54. The summed E-state index contributed by atoms with van der Waals surface area (Å²) in [5.41, 5.74) is 1.17. The number of aryl methyl sites for hydroxylation is 1. The van der Waals surface area contributed by atoms with Crippen LogP contribution in [0.25, 0.3) is 0 Å². The van der Waals surface area contributed by atoms with Crippen LogP contribution in [0.1, 0.15) is 5.56 Å². The van der Waals surface area contributed by atoms with Crippen molar-refractivity contribution in [2.45, 2.75) is 6.42 Å². The van der Waals surface area contributed by atoms with Crippen LogP contribution in [0.2, 0.25) is 0 Å². The smallest absolute Gasteiger partial charge is 0.146 e. The quantitative estimate of drug-likeness (QED) is 0.704. The van der Waals surface area contributed by atoms with Gasteiger partial charge in [0.1, 0.15) is 5.78 Å². The number of thioether (sulfide) groups is 1. The van der Waals surface area contributed by atoms with E-state index in [1.54, 1.807) is 16.4 Å². The minimum Gasteiger partial charge on any atom is -0.298 e. The summed E-state index contributed by atoms with van der Waals surface area (Å²) in [5.74, 6) is 2.31. The Morgan fingerprint density at radius 3 is 3.15 bits per heavy atom. The lowest BCUT2D eigenvalue weighted by molar-refractivity contribution is -0.119. The number of aromatic nitrogens is 2. The van der Waals surface area contributed by atoms with Gasteiger partial charge in [-0.1, -0.05) is 0 Å². The van der Waals surface area contributed by atoms with Crippen molar-refractivity contribution in [2.75, 3.05) is 11.5 Å². The van der Waals surface area contributed by atoms with Gasteiger partial charge in [-0.25, -0.2) is 0 Å². The van der Waals surface area contributed by atoms with Crippen molar-refractivity contribution >= 4 is 17.5 Å². The van der Waals surface area contributed by atoms with Crippen molar-refractivity contribution in [3.63, 3.8) is 0 Å². The van der Waals surface area contributed by atoms with Crippen molar-refractivity contribution in [1.29, 1.82) is 0 Å². The molecule has 13 heavy (non-hydrogen) atoms. The van der Waals surface area contributed by atoms with E-state index in [1.165, 1.54) is 5.56 Å². The summed E-state index contributed by atoms with van der Waals surface area (Å²) < 4.78 is 1.78. The molecule has 1 aliphatic rings. The Balaban J connectivity index is 2.01. The third kappa shape index (κ3) is 1.94. The summed E-state index contributed by atoms with van der Waals surface area (Å²) in [7, 11) is 1.90. The Kier molecular flexibility index (Phi) is 2.40. The maximum atomic E-state index is 11.3. The van der Waals surface area contributed by atoms with Gasteiger partial charge in [0.2, 0.25) is 0 Å². The number of carbonyl (C=O) groups excluding carboxylic acids is 1. The molecule has 1 aliphatic heterocycles. The van der Waals surface area contributed by atoms with Crippen molar-refractivity contribution in [1.82, 2.24) is 9.78 Å². The average Bonchev–Trinajstić information content (AvgIpc) is 2.64. The van der Waals surface area contributed by atoms with Gasteiger partial charge < -0.3 is 0 Å². The highest BCUT2D eigenvalue weighted by atomic mass is 32.2. The second-order valence-electron chi connectivity index (χ2n) is 3.40. The molecule has 0 spiro atoms. The van der Waals surface area contributed by atoms with E-state index in [1.807, 2.05) is 19.4 Å². The normalized spacial score (nSPS) is 22.5. The minimum atomic E-state index is 0.231. The van der Waals surface area contributed by atoms with Crippen LogP contribution in [0.4, 0.5) is 0 Å². The van der Waals surface area contributed by atoms with Crippen LogP contribution in [0.15, 0.2) is 12.4 Å². The molecule has 1 atom stereocenters. The molecule has 0 bridgehead atoms. The van der Waals surface area contributed by atoms with Gasteiger partial charge in [0.15, 0.2) is 0 Å². The van der Waals surface area contributed by atoms with Crippen LogP contribution in [0, 0.1) is 5.92 Å². The Morgan fingerprint density at radius 2 is 2.62 bits per heavy atom. The Hall–Kier alpha value is -0.770. The summed E-state index contributed by atoms with van der Waals surface area (Å²) >= 11 is 1.74. The fourth-order valence-electron chi connectivity index (χ4n) is 1.55. The van der Waals surface area contributed by atoms with Crippen molar-refractivity contribution < 1.29 is 4.79 Å². The molecule has 0 radical (unpaired) electrons. The van der Waals surface area contributed by atoms with E-state index in [2.05, 4.69) is 5.10 Å². The molecule has 1 unspecified atom stereocenters. The highest BCUT2D eigenvalue weighted by Gasteiger charge is 2.25. The lowest BCUT2D eigenvalue weighted by atomic mass is 10.0. The Bertz CT molecular complexity index is 321. The summed E-state index contributed by atoms with van der Waals surface area (Å²) in [6.07, 6.45) is 4.69. The molecule has 1 fully saturated rings. The van der Waals surface area contributed by atoms with E-state index < -0.39 is 0 Å². The van der Waals surface area contributed by atoms with Gasteiger partial charge in [-0.2, -0.15) is 16.9 Å².